The van der Waals surface area contributed by atoms with Crippen LogP contribution in [-0.2, 0) is 11.3 Å². The largest absolute Gasteiger partial charge is 0.461 e. The Kier molecular flexibility index (Phi) is 4.19. The maximum absolute atomic E-state index is 13.0. The number of fused-ring (bicyclic) bond motifs is 1. The standard InChI is InChI=1S/C18H18N2O4S/c1-22-10-12-5-7-15(23-12)14-3-2-8-20(14)17(21)11-4-6-13-16(9-11)24-18(25)19-13/h4-7,9,14H,2-3,8,10H2,1H3,(H,19,25)/t14-/m1/s1. The monoisotopic (exact) mass is 358 g/mol. The molecular weight excluding hydrogens is 340 g/mol. The number of carbonyl (C=O) groups excluding carboxylic acids is 1. The van der Waals surface area contributed by atoms with Crippen molar-refractivity contribution in [2.75, 3.05) is 13.7 Å². The predicted octanol–water partition coefficient (Wildman–Crippen LogP) is 4.21. The zero-order valence-electron chi connectivity index (χ0n) is 13.8. The van der Waals surface area contributed by atoms with Crippen molar-refractivity contribution in [2.45, 2.75) is 25.5 Å². The van der Waals surface area contributed by atoms with Gasteiger partial charge in [-0.1, -0.05) is 0 Å². The molecule has 1 saturated heterocycles. The number of benzene rings is 1. The Bertz CT molecular complexity index is 971. The molecule has 7 heteroatoms. The molecule has 0 unspecified atom stereocenters. The number of furan rings is 1. The summed E-state index contributed by atoms with van der Waals surface area (Å²) in [6.45, 7) is 1.13. The van der Waals surface area contributed by atoms with E-state index in [-0.39, 0.29) is 11.9 Å². The molecule has 130 valence electrons. The lowest BCUT2D eigenvalue weighted by Gasteiger charge is -2.23. The molecule has 0 aliphatic carbocycles. The number of hydrogen-bond acceptors (Lipinski definition) is 5. The third kappa shape index (κ3) is 3.01. The molecule has 2 aromatic heterocycles. The summed E-state index contributed by atoms with van der Waals surface area (Å²) in [5.74, 6) is 1.54. The maximum Gasteiger partial charge on any atom is 0.266 e. The topological polar surface area (TPSA) is 71.6 Å². The quantitative estimate of drug-likeness (QED) is 0.708. The number of aromatic nitrogens is 1. The van der Waals surface area contributed by atoms with Crippen LogP contribution in [0.25, 0.3) is 11.1 Å². The number of carbonyl (C=O) groups is 1. The zero-order chi connectivity index (χ0) is 17.4. The summed E-state index contributed by atoms with van der Waals surface area (Å²) < 4.78 is 16.4. The fourth-order valence-corrected chi connectivity index (χ4v) is 3.54. The third-order valence-corrected chi connectivity index (χ3v) is 4.66. The van der Waals surface area contributed by atoms with E-state index in [0.717, 1.165) is 29.9 Å². The Balaban J connectivity index is 1.61. The Morgan fingerprint density at radius 2 is 2.24 bits per heavy atom. The molecule has 25 heavy (non-hydrogen) atoms. The van der Waals surface area contributed by atoms with E-state index in [0.29, 0.717) is 29.1 Å². The number of methoxy groups -OCH3 is 1. The SMILES string of the molecule is COCc1ccc([C@H]2CCCN2C(=O)c2ccc3[nH]c(=S)oc3c2)o1. The number of rotatable bonds is 4. The second-order valence-corrected chi connectivity index (χ2v) is 6.49. The number of aromatic amines is 1. The van der Waals surface area contributed by atoms with Crippen LogP contribution in [0.15, 0.2) is 39.2 Å². The highest BCUT2D eigenvalue weighted by Crippen LogP contribution is 2.34. The molecule has 1 fully saturated rings. The first-order chi connectivity index (χ1) is 12.2. The maximum atomic E-state index is 13.0. The third-order valence-electron chi connectivity index (χ3n) is 4.48. The van der Waals surface area contributed by atoms with Crippen molar-refractivity contribution in [1.82, 2.24) is 9.88 Å². The number of oxazole rings is 1. The minimum Gasteiger partial charge on any atom is -0.461 e. The minimum atomic E-state index is -0.0496. The smallest absolute Gasteiger partial charge is 0.266 e. The highest BCUT2D eigenvalue weighted by atomic mass is 32.1. The molecule has 1 aliphatic rings. The van der Waals surface area contributed by atoms with E-state index in [1.165, 1.54) is 0 Å². The molecule has 0 saturated carbocycles. The van der Waals surface area contributed by atoms with Gasteiger partial charge in [0.05, 0.1) is 11.6 Å². The van der Waals surface area contributed by atoms with Crippen LogP contribution in [0.1, 0.15) is 40.8 Å². The molecule has 1 amide bonds. The molecule has 1 aliphatic heterocycles. The first kappa shape index (κ1) is 16.1. The molecule has 6 nitrogen and oxygen atoms in total. The number of hydrogen-bond donors (Lipinski definition) is 1. The first-order valence-electron chi connectivity index (χ1n) is 8.17. The number of amides is 1. The average molecular weight is 358 g/mol. The molecule has 0 spiro atoms. The summed E-state index contributed by atoms with van der Waals surface area (Å²) in [5.41, 5.74) is 1.96. The molecule has 3 aromatic rings. The molecule has 1 atom stereocenters. The second-order valence-electron chi connectivity index (χ2n) is 6.12. The van der Waals surface area contributed by atoms with Gasteiger partial charge in [0.15, 0.2) is 5.58 Å². The minimum absolute atomic E-state index is 0.0311. The Hall–Kier alpha value is -2.38. The lowest BCUT2D eigenvalue weighted by Crippen LogP contribution is -2.30. The highest BCUT2D eigenvalue weighted by molar-refractivity contribution is 7.71. The van der Waals surface area contributed by atoms with Gasteiger partial charge in [0.1, 0.15) is 18.1 Å². The van der Waals surface area contributed by atoms with Gasteiger partial charge in [-0.2, -0.15) is 0 Å². The van der Waals surface area contributed by atoms with Crippen LogP contribution in [0, 0.1) is 4.84 Å². The summed E-state index contributed by atoms with van der Waals surface area (Å²) in [5, 5.41) is 0. The van der Waals surface area contributed by atoms with Crippen molar-refractivity contribution in [2.24, 2.45) is 0 Å². The zero-order valence-corrected chi connectivity index (χ0v) is 14.6. The lowest BCUT2D eigenvalue weighted by molar-refractivity contribution is 0.0716. The summed E-state index contributed by atoms with van der Waals surface area (Å²) in [6, 6.07) is 9.12. The summed E-state index contributed by atoms with van der Waals surface area (Å²) in [6.07, 6.45) is 1.84. The van der Waals surface area contributed by atoms with E-state index < -0.39 is 0 Å². The Morgan fingerprint density at radius 1 is 1.36 bits per heavy atom. The number of ether oxygens (including phenoxy) is 1. The van der Waals surface area contributed by atoms with Gasteiger partial charge in [-0.25, -0.2) is 0 Å². The van der Waals surface area contributed by atoms with Crippen molar-refractivity contribution < 1.29 is 18.4 Å². The van der Waals surface area contributed by atoms with E-state index >= 15 is 0 Å². The number of nitrogens with zero attached hydrogens (tertiary/aromatic N) is 1. The van der Waals surface area contributed by atoms with Gasteiger partial charge in [-0.15, -0.1) is 0 Å². The number of nitrogens with one attached hydrogen (secondary N) is 1. The second kappa shape index (κ2) is 6.50. The van der Waals surface area contributed by atoms with E-state index in [9.17, 15) is 4.79 Å². The van der Waals surface area contributed by atoms with Gasteiger partial charge >= 0.3 is 0 Å². The van der Waals surface area contributed by atoms with Crippen molar-refractivity contribution in [3.63, 3.8) is 0 Å². The Labute approximate surface area is 149 Å². The predicted molar refractivity (Wildman–Crippen MR) is 93.8 cm³/mol. The first-order valence-corrected chi connectivity index (χ1v) is 8.58. The van der Waals surface area contributed by atoms with Crippen molar-refractivity contribution >= 4 is 29.2 Å². The number of H-pyrrole nitrogens is 1. The van der Waals surface area contributed by atoms with Crippen LogP contribution in [0.5, 0.6) is 0 Å². The van der Waals surface area contributed by atoms with Crippen molar-refractivity contribution in [1.29, 1.82) is 0 Å². The van der Waals surface area contributed by atoms with Crippen LogP contribution in [0.4, 0.5) is 0 Å². The molecular formula is C18H18N2O4S. The molecule has 1 N–H and O–H groups in total. The van der Waals surface area contributed by atoms with E-state index in [1.54, 1.807) is 19.2 Å². The molecule has 4 rings (SSSR count). The summed E-state index contributed by atoms with van der Waals surface area (Å²) >= 11 is 5.00. The van der Waals surface area contributed by atoms with Crippen LogP contribution in [0.2, 0.25) is 0 Å². The van der Waals surface area contributed by atoms with Gasteiger partial charge < -0.3 is 23.5 Å². The fourth-order valence-electron chi connectivity index (χ4n) is 3.34. The van der Waals surface area contributed by atoms with Crippen LogP contribution in [-0.4, -0.2) is 29.4 Å². The number of likely N-dealkylation sites (tertiary alicyclic amines) is 1. The average Bonchev–Trinajstić information content (AvgIpc) is 3.31. The lowest BCUT2D eigenvalue weighted by atomic mass is 10.1. The fraction of sp³-hybridized carbons (Fsp3) is 0.333. The van der Waals surface area contributed by atoms with Crippen LogP contribution >= 0.6 is 12.2 Å². The van der Waals surface area contributed by atoms with Gasteiger partial charge in [0.25, 0.3) is 10.7 Å². The van der Waals surface area contributed by atoms with Crippen molar-refractivity contribution in [3.05, 3.63) is 52.3 Å². The van der Waals surface area contributed by atoms with Crippen LogP contribution < -0.4 is 0 Å². The molecule has 0 bridgehead atoms. The highest BCUT2D eigenvalue weighted by Gasteiger charge is 2.32. The van der Waals surface area contributed by atoms with E-state index in [1.807, 2.05) is 23.1 Å². The molecule has 0 radical (unpaired) electrons. The van der Waals surface area contributed by atoms with Gasteiger partial charge in [-0.3, -0.25) is 4.79 Å². The van der Waals surface area contributed by atoms with Crippen LogP contribution in [0.3, 0.4) is 0 Å². The summed E-state index contributed by atoms with van der Waals surface area (Å²) in [4.78, 5) is 18.1. The van der Waals surface area contributed by atoms with E-state index in [2.05, 4.69) is 4.98 Å². The van der Waals surface area contributed by atoms with Gasteiger partial charge in [-0.05, 0) is 55.4 Å². The van der Waals surface area contributed by atoms with E-state index in [4.69, 9.17) is 25.8 Å². The normalized spacial score (nSPS) is 17.5. The van der Waals surface area contributed by atoms with Crippen molar-refractivity contribution in [3.8, 4) is 0 Å². The molecule has 3 heterocycles. The molecule has 1 aromatic carbocycles. The van der Waals surface area contributed by atoms with Gasteiger partial charge in [0, 0.05) is 19.2 Å². The summed E-state index contributed by atoms with van der Waals surface area (Å²) in [7, 11) is 1.63. The Morgan fingerprint density at radius 3 is 3.08 bits per heavy atom. The van der Waals surface area contributed by atoms with Gasteiger partial charge in [0.2, 0.25) is 0 Å².